The summed E-state index contributed by atoms with van der Waals surface area (Å²) in [7, 11) is 0. The number of allylic oxidation sites excluding steroid dienone is 4. The number of hydrogen-bond donors (Lipinski definition) is 12. The number of rotatable bonds is 31. The Morgan fingerprint density at radius 1 is 0.434 bits per heavy atom. The van der Waals surface area contributed by atoms with Crippen LogP contribution in [-0.4, -0.2) is 216 Å². The van der Waals surface area contributed by atoms with Gasteiger partial charge in [0.25, 0.3) is 23.6 Å². The van der Waals surface area contributed by atoms with Gasteiger partial charge in [-0.1, -0.05) is 40.2 Å². The number of aromatic nitrogens is 13. The zero-order valence-corrected chi connectivity index (χ0v) is 82.4. The number of piperazine rings is 1. The molecule has 4 aliphatic carbocycles. The molecule has 6 saturated heterocycles. The minimum atomic E-state index is -0.132. The first-order valence-electron chi connectivity index (χ1n) is 48.4. The third kappa shape index (κ3) is 23.0. The molecule has 0 bridgehead atoms. The molecule has 19 heterocycles. The van der Waals surface area contributed by atoms with E-state index in [1.165, 1.54) is 45.3 Å². The van der Waals surface area contributed by atoms with Gasteiger partial charge in [0, 0.05) is 164 Å². The van der Waals surface area contributed by atoms with Crippen LogP contribution in [-0.2, 0) is 30.5 Å². The molecule has 0 aromatic carbocycles. The van der Waals surface area contributed by atoms with Crippen LogP contribution in [0.1, 0.15) is 183 Å². The maximum absolute atomic E-state index is 13.2. The lowest BCUT2D eigenvalue weighted by Crippen LogP contribution is -2.48. The average molecular weight is 2000 g/mol. The Balaban J connectivity index is 0.000000117. The fourth-order valence-electron chi connectivity index (χ4n) is 17.2. The Kier molecular flexibility index (Phi) is 28.5. The number of ether oxygens (including phenoxy) is 1. The maximum Gasteiger partial charge on any atom is 0.264 e. The van der Waals surface area contributed by atoms with Crippen LogP contribution in [0.15, 0.2) is 194 Å². The lowest BCUT2D eigenvalue weighted by atomic mass is 10.1. The van der Waals surface area contributed by atoms with E-state index in [0.717, 1.165) is 237 Å². The van der Waals surface area contributed by atoms with Gasteiger partial charge in [0.05, 0.1) is 119 Å². The largest absolute Gasteiger partial charge is 0.380 e. The van der Waals surface area contributed by atoms with Gasteiger partial charge in [0.15, 0.2) is 22.6 Å². The van der Waals surface area contributed by atoms with E-state index in [0.29, 0.717) is 136 Å². The van der Waals surface area contributed by atoms with Crippen molar-refractivity contribution in [2.75, 3.05) is 86.8 Å². The third-order valence-corrected chi connectivity index (χ3v) is 29.8. The molecule has 4 saturated carbocycles. The van der Waals surface area contributed by atoms with Crippen molar-refractivity contribution >= 4 is 163 Å². The molecule has 10 aliphatic rings. The van der Waals surface area contributed by atoms with E-state index in [-0.39, 0.29) is 60.1 Å². The van der Waals surface area contributed by atoms with Crippen LogP contribution in [0.25, 0.3) is 89.2 Å². The fourth-order valence-corrected chi connectivity index (χ4v) is 20.8. The van der Waals surface area contributed by atoms with Crippen LogP contribution >= 0.6 is 45.3 Å². The Hall–Kier alpha value is -14.8. The molecular weight excluding hydrogens is 1890 g/mol. The highest BCUT2D eigenvalue weighted by Crippen LogP contribution is 2.41. The summed E-state index contributed by atoms with van der Waals surface area (Å²) in [4.78, 5) is 133. The Labute approximate surface area is 839 Å². The SMILES string of the molecule is C=C1NC(=O)C/C1=C\c1cnn2c(NC3CC3)cc(-c3ccc(C(=O)N4CCN(CCC)CC4)s3)nc12.C=C1NC(=O)C/C1=C\c1cnn2c(NC3CC3)cc(-c3ccc(C(=O)NCC4CCCN4)s3)nc12.C=C1NC(=O)C/C1=C\c1cnn2c(NC3CC3)cc(-c3ccc(C(=O)NCCOCCC)s3)nc12.C=C1NC(=O)C/C1=C\c1cnn2c(NC3CC3)cc(-c3ccc(C(=O)NCc4ccncc4)s3)nc12. The quantitative estimate of drug-likeness (QED) is 0.0180. The van der Waals surface area contributed by atoms with Crippen LogP contribution in [0.2, 0.25) is 0 Å². The van der Waals surface area contributed by atoms with Crippen LogP contribution in [0, 0.1) is 0 Å². The van der Waals surface area contributed by atoms with E-state index in [2.05, 4.69) is 134 Å². The van der Waals surface area contributed by atoms with Gasteiger partial charge >= 0.3 is 0 Å². The zero-order chi connectivity index (χ0) is 98.5. The monoisotopic (exact) mass is 2000 g/mol. The Bertz CT molecular complexity index is 7330. The standard InChI is InChI=1S/C27H31N7O2S.C26H23N7O2S.C25H27N7O2S.C25H28N6O3S/c1-3-8-32-9-11-33(12-10-32)27(36)23-7-6-22(37-23)21-15-24(30-20-4-5-20)34-26(31-21)19(16-28-34)13-18-14-25(35)29-17(18)2;1-15-17(11-24(34)30-15)10-18-14-29-33-23(31-19-2-3-19)12-20(32-25(18)33)21-4-5-22(36-21)26(35)28-13-16-6-8-27-9-7-16;1-14-15(10-23(33)29-14)9-16-12-28-32-22(30-17-4-5-17)11-19(31-24(16)32)20-6-7-21(35-20)25(34)27-13-18-3-2-8-26-18;1-3-9-34-10-8-26-25(33)21-7-6-20(35-21)19-13-22(29-18-4-5-18)31-24(30-19)17(14-27-31)11-16-12-23(32)28-15(16)2/h6-7,13,15-16,20,30H,2-5,8-12,14H2,1H3,(H,29,35);4-10,12,14,19,31H,1-3,11,13H2,(H,28,35)(H,30,34);6-7,9,11-12,17-18,26,30H,1-5,8,10,13H2,(H,27,34)(H,29,33);6-7,11,13-14,18,29H,2-5,8-10,12H2,1H3,(H,26,33)(H,28,32)/b18-13+;17-10+;15-9+;16-11+. The number of fused-ring (bicyclic) bond motifs is 4. The van der Waals surface area contributed by atoms with Gasteiger partial charge in [-0.15, -0.1) is 45.3 Å². The molecule has 143 heavy (non-hydrogen) atoms. The van der Waals surface area contributed by atoms with E-state index < -0.39 is 0 Å². The number of amides is 8. The molecule has 13 aromatic heterocycles. The molecule has 8 amide bonds. The first-order valence-corrected chi connectivity index (χ1v) is 51.7. The highest BCUT2D eigenvalue weighted by molar-refractivity contribution is 7.18. The summed E-state index contributed by atoms with van der Waals surface area (Å²) < 4.78 is 12.6. The number of nitrogens with one attached hydrogen (secondary N) is 12. The molecule has 0 radical (unpaired) electrons. The Morgan fingerprint density at radius 2 is 0.790 bits per heavy atom. The summed E-state index contributed by atoms with van der Waals surface area (Å²) in [6.45, 7) is 28.2. The number of thiophene rings is 4. The lowest BCUT2D eigenvalue weighted by Gasteiger charge is -2.34. The molecule has 40 heteroatoms. The van der Waals surface area contributed by atoms with Crippen molar-refractivity contribution < 1.29 is 43.1 Å². The predicted octanol–water partition coefficient (Wildman–Crippen LogP) is 13.9. The highest BCUT2D eigenvalue weighted by atomic mass is 32.1. The maximum atomic E-state index is 13.2. The van der Waals surface area contributed by atoms with Crippen molar-refractivity contribution in [3.8, 4) is 42.3 Å². The second-order valence-corrected chi connectivity index (χ2v) is 41.1. The van der Waals surface area contributed by atoms with Crippen molar-refractivity contribution in [2.45, 2.75) is 153 Å². The first kappa shape index (κ1) is 95.7. The second-order valence-electron chi connectivity index (χ2n) is 36.8. The molecule has 13 aromatic rings. The van der Waals surface area contributed by atoms with Gasteiger partial charge in [-0.2, -0.15) is 38.5 Å². The number of nitrogens with zero attached hydrogens (tertiary/aromatic N) is 15. The van der Waals surface area contributed by atoms with Crippen LogP contribution < -0.4 is 63.8 Å². The molecule has 10 fully saturated rings. The van der Waals surface area contributed by atoms with Crippen LogP contribution in [0.3, 0.4) is 0 Å². The second kappa shape index (κ2) is 42.5. The summed E-state index contributed by atoms with van der Waals surface area (Å²) in [5.41, 5.74) is 15.8. The molecule has 0 spiro atoms. The van der Waals surface area contributed by atoms with E-state index in [1.54, 1.807) is 50.7 Å². The molecule has 734 valence electrons. The molecule has 12 N–H and O–H groups in total. The smallest absolute Gasteiger partial charge is 0.264 e. The molecule has 23 rings (SSSR count). The summed E-state index contributed by atoms with van der Waals surface area (Å²) in [6, 6.07) is 29.0. The van der Waals surface area contributed by atoms with Crippen molar-refractivity contribution in [2.24, 2.45) is 0 Å². The van der Waals surface area contributed by atoms with Crippen molar-refractivity contribution in [3.05, 3.63) is 241 Å². The summed E-state index contributed by atoms with van der Waals surface area (Å²) in [6.07, 6.45) is 32.6. The number of hydrogen-bond acceptors (Lipinski definition) is 28. The zero-order valence-electron chi connectivity index (χ0n) is 79.2. The summed E-state index contributed by atoms with van der Waals surface area (Å²) in [5, 5.41) is 55.7. The highest BCUT2D eigenvalue weighted by Gasteiger charge is 2.33. The Morgan fingerprint density at radius 3 is 1.13 bits per heavy atom. The van der Waals surface area contributed by atoms with Gasteiger partial charge < -0.3 is 73.4 Å². The fraction of sp³-hybridized carbons (Fsp3) is 0.330. The van der Waals surface area contributed by atoms with E-state index in [1.807, 2.05) is 119 Å². The van der Waals surface area contributed by atoms with Crippen molar-refractivity contribution in [1.29, 1.82) is 0 Å². The van der Waals surface area contributed by atoms with Crippen molar-refractivity contribution in [1.82, 2.24) is 116 Å². The summed E-state index contributed by atoms with van der Waals surface area (Å²) in [5.74, 6) is 2.97. The third-order valence-electron chi connectivity index (χ3n) is 25.4. The van der Waals surface area contributed by atoms with Crippen LogP contribution in [0.4, 0.5) is 23.3 Å². The number of carbonyl (C=O) groups is 8. The molecular formula is C103H109N27O9S4. The normalized spacial score (nSPS) is 18.5. The van der Waals surface area contributed by atoms with Gasteiger partial charge in [-0.25, -0.2) is 19.9 Å². The lowest BCUT2D eigenvalue weighted by molar-refractivity contribution is -0.119. The molecule has 1 atom stereocenters. The minimum absolute atomic E-state index is 0.0555. The molecule has 36 nitrogen and oxygen atoms in total. The molecule has 1 unspecified atom stereocenters. The van der Waals surface area contributed by atoms with Crippen LogP contribution in [0.5, 0.6) is 0 Å². The van der Waals surface area contributed by atoms with Gasteiger partial charge in [-0.05, 0) is 203 Å². The van der Waals surface area contributed by atoms with E-state index in [4.69, 9.17) is 24.7 Å². The number of pyridine rings is 1. The molecule has 6 aliphatic heterocycles. The van der Waals surface area contributed by atoms with Gasteiger partial charge in [0.1, 0.15) is 23.3 Å². The summed E-state index contributed by atoms with van der Waals surface area (Å²) >= 11 is 5.71. The predicted molar refractivity (Wildman–Crippen MR) is 556 cm³/mol. The van der Waals surface area contributed by atoms with E-state index in [9.17, 15) is 38.4 Å². The average Bonchev–Trinajstić information content (AvgIpc) is 1.64. The minimum Gasteiger partial charge on any atom is -0.380 e. The first-order chi connectivity index (χ1) is 69.6. The number of anilines is 4. The van der Waals surface area contributed by atoms with Gasteiger partial charge in [-0.3, -0.25) is 48.2 Å². The van der Waals surface area contributed by atoms with Crippen molar-refractivity contribution in [3.63, 3.8) is 0 Å². The van der Waals surface area contributed by atoms with Gasteiger partial charge in [0.2, 0.25) is 23.6 Å². The topological polar surface area (TPSA) is 430 Å². The number of carbonyl (C=O) groups excluding carboxylic acids is 8. The van der Waals surface area contributed by atoms with E-state index >= 15 is 0 Å².